The average molecular weight is 349 g/mol. The number of aliphatic imine (C=N–C) groups is 1. The molecule has 2 unspecified atom stereocenters. The van der Waals surface area contributed by atoms with Crippen LogP contribution in [0.15, 0.2) is 4.99 Å². The molecule has 0 radical (unpaired) electrons. The summed E-state index contributed by atoms with van der Waals surface area (Å²) in [7, 11) is 0. The fraction of sp³-hybridized carbons (Fsp3) is 0.750. The first-order valence-corrected chi connectivity index (χ1v) is 9.17. The van der Waals surface area contributed by atoms with Crippen LogP contribution in [-0.2, 0) is 16.0 Å². The SMILES string of the molecule is CCOC(=S)CC1CCC2Cn3nc(N4CCOCC4)nc3N=C12. The molecular weight excluding hydrogens is 326 g/mol. The van der Waals surface area contributed by atoms with Gasteiger partial charge >= 0.3 is 0 Å². The molecule has 1 aromatic rings. The molecule has 1 aliphatic carbocycles. The van der Waals surface area contributed by atoms with Crippen LogP contribution < -0.4 is 4.90 Å². The lowest BCUT2D eigenvalue weighted by Gasteiger charge is -2.25. The largest absolute Gasteiger partial charge is 0.487 e. The van der Waals surface area contributed by atoms with E-state index in [-0.39, 0.29) is 0 Å². The Morgan fingerprint density at radius 2 is 2.17 bits per heavy atom. The highest BCUT2D eigenvalue weighted by Crippen LogP contribution is 2.37. The predicted molar refractivity (Wildman–Crippen MR) is 95.2 cm³/mol. The number of rotatable bonds is 4. The fourth-order valence-corrected chi connectivity index (χ4v) is 4.09. The molecule has 0 bridgehead atoms. The first-order valence-electron chi connectivity index (χ1n) is 8.76. The highest BCUT2D eigenvalue weighted by Gasteiger charge is 2.37. The monoisotopic (exact) mass is 349 g/mol. The van der Waals surface area contributed by atoms with Crippen LogP contribution in [0.2, 0.25) is 0 Å². The van der Waals surface area contributed by atoms with Crippen LogP contribution in [0.5, 0.6) is 0 Å². The molecular formula is C16H23N5O2S. The summed E-state index contributed by atoms with van der Waals surface area (Å²) in [5, 5.41) is 5.37. The first-order chi connectivity index (χ1) is 11.7. The standard InChI is InChI=1S/C16H23N5O2S/c1-2-23-13(24)9-11-3-4-12-10-21-15(17-14(11)12)18-16(19-21)20-5-7-22-8-6-20/h11-12H,2-10H2,1H3. The summed E-state index contributed by atoms with van der Waals surface area (Å²) >= 11 is 5.32. The molecule has 0 aromatic carbocycles. The van der Waals surface area contributed by atoms with E-state index in [1.165, 1.54) is 5.71 Å². The van der Waals surface area contributed by atoms with Crippen molar-refractivity contribution in [2.24, 2.45) is 16.8 Å². The molecule has 1 aromatic heterocycles. The third-order valence-electron chi connectivity index (χ3n) is 4.98. The van der Waals surface area contributed by atoms with Gasteiger partial charge in [0.15, 0.2) is 5.05 Å². The first kappa shape index (κ1) is 16.0. The Labute approximate surface area is 147 Å². The van der Waals surface area contributed by atoms with Gasteiger partial charge in [0.05, 0.1) is 26.4 Å². The van der Waals surface area contributed by atoms with Gasteiger partial charge in [0.1, 0.15) is 0 Å². The molecule has 7 nitrogen and oxygen atoms in total. The Morgan fingerprint density at radius 1 is 1.33 bits per heavy atom. The van der Waals surface area contributed by atoms with Crippen LogP contribution in [0.1, 0.15) is 26.2 Å². The number of anilines is 1. The molecule has 0 amide bonds. The molecule has 4 rings (SSSR count). The minimum absolute atomic E-state index is 0.395. The van der Waals surface area contributed by atoms with Crippen LogP contribution in [0.25, 0.3) is 0 Å². The van der Waals surface area contributed by atoms with E-state index in [4.69, 9.17) is 26.7 Å². The van der Waals surface area contributed by atoms with Gasteiger partial charge in [0.2, 0.25) is 11.9 Å². The molecule has 130 valence electrons. The fourth-order valence-electron chi connectivity index (χ4n) is 3.78. The molecule has 8 heteroatoms. The Bertz CT molecular complexity index is 653. The normalized spacial score (nSPS) is 25.9. The smallest absolute Gasteiger partial charge is 0.249 e. The maximum absolute atomic E-state index is 5.46. The highest BCUT2D eigenvalue weighted by molar-refractivity contribution is 7.80. The topological polar surface area (TPSA) is 64.8 Å². The number of nitrogens with zero attached hydrogens (tertiary/aromatic N) is 5. The van der Waals surface area contributed by atoms with Crippen molar-refractivity contribution >= 4 is 34.9 Å². The van der Waals surface area contributed by atoms with E-state index in [1.807, 2.05) is 11.6 Å². The molecule has 1 saturated carbocycles. The zero-order valence-electron chi connectivity index (χ0n) is 14.0. The summed E-state index contributed by atoms with van der Waals surface area (Å²) < 4.78 is 12.8. The molecule has 0 spiro atoms. The van der Waals surface area contributed by atoms with Gasteiger partial charge in [0.25, 0.3) is 0 Å². The number of morpholine rings is 1. The lowest BCUT2D eigenvalue weighted by atomic mass is 9.98. The minimum atomic E-state index is 0.395. The van der Waals surface area contributed by atoms with E-state index in [0.29, 0.717) is 23.5 Å². The Balaban J connectivity index is 1.52. The molecule has 0 N–H and O–H groups in total. The number of aromatic nitrogens is 3. The van der Waals surface area contributed by atoms with Crippen molar-refractivity contribution in [3.05, 3.63) is 0 Å². The van der Waals surface area contributed by atoms with Crippen LogP contribution in [0.4, 0.5) is 11.9 Å². The second-order valence-corrected chi connectivity index (χ2v) is 6.97. The van der Waals surface area contributed by atoms with Crippen molar-refractivity contribution < 1.29 is 9.47 Å². The van der Waals surface area contributed by atoms with Crippen molar-refractivity contribution in [2.75, 3.05) is 37.8 Å². The second-order valence-electron chi connectivity index (χ2n) is 6.51. The number of hydrogen-bond donors (Lipinski definition) is 0. The zero-order chi connectivity index (χ0) is 16.5. The van der Waals surface area contributed by atoms with Crippen LogP contribution >= 0.6 is 12.2 Å². The zero-order valence-corrected chi connectivity index (χ0v) is 14.8. The van der Waals surface area contributed by atoms with Gasteiger partial charge in [-0.25, -0.2) is 9.67 Å². The molecule has 2 aliphatic heterocycles. The van der Waals surface area contributed by atoms with Gasteiger partial charge < -0.3 is 14.4 Å². The second kappa shape index (κ2) is 6.76. The number of thiocarbonyl (C=S) groups is 1. The quantitative estimate of drug-likeness (QED) is 0.775. The summed E-state index contributed by atoms with van der Waals surface area (Å²) in [6.45, 7) is 6.64. The summed E-state index contributed by atoms with van der Waals surface area (Å²) in [5.41, 5.74) is 1.24. The summed E-state index contributed by atoms with van der Waals surface area (Å²) in [6.07, 6.45) is 3.06. The van der Waals surface area contributed by atoms with E-state index < -0.39 is 0 Å². The van der Waals surface area contributed by atoms with E-state index in [0.717, 1.165) is 64.0 Å². The molecule has 2 fully saturated rings. The average Bonchev–Trinajstić information content (AvgIpc) is 3.18. The van der Waals surface area contributed by atoms with Gasteiger partial charge in [-0.05, 0) is 32.0 Å². The van der Waals surface area contributed by atoms with Crippen molar-refractivity contribution in [2.45, 2.75) is 32.7 Å². The Morgan fingerprint density at radius 3 is 2.96 bits per heavy atom. The van der Waals surface area contributed by atoms with E-state index >= 15 is 0 Å². The number of ether oxygens (including phenoxy) is 2. The lowest BCUT2D eigenvalue weighted by molar-refractivity contribution is 0.122. The van der Waals surface area contributed by atoms with Crippen LogP contribution in [0.3, 0.4) is 0 Å². The van der Waals surface area contributed by atoms with Crippen LogP contribution in [-0.4, -0.2) is 58.4 Å². The van der Waals surface area contributed by atoms with E-state index in [9.17, 15) is 0 Å². The van der Waals surface area contributed by atoms with Gasteiger partial charge in [-0.2, -0.15) is 4.98 Å². The maximum atomic E-state index is 5.46. The summed E-state index contributed by atoms with van der Waals surface area (Å²) in [6, 6.07) is 0. The lowest BCUT2D eigenvalue weighted by Crippen LogP contribution is -2.37. The highest BCUT2D eigenvalue weighted by atomic mass is 32.1. The number of fused-ring (bicyclic) bond motifs is 2. The Kier molecular flexibility index (Phi) is 4.49. The van der Waals surface area contributed by atoms with E-state index in [2.05, 4.69) is 15.0 Å². The molecule has 1 saturated heterocycles. The third-order valence-corrected chi connectivity index (χ3v) is 5.26. The van der Waals surface area contributed by atoms with Crippen molar-refractivity contribution in [3.63, 3.8) is 0 Å². The Hall–Kier alpha value is -1.54. The van der Waals surface area contributed by atoms with Crippen LogP contribution in [0, 0.1) is 11.8 Å². The molecule has 3 aliphatic rings. The number of hydrogen-bond acceptors (Lipinski definition) is 7. The molecule has 3 heterocycles. The molecule has 2 atom stereocenters. The van der Waals surface area contributed by atoms with Gasteiger partial charge in [-0.1, -0.05) is 0 Å². The predicted octanol–water partition coefficient (Wildman–Crippen LogP) is 1.98. The van der Waals surface area contributed by atoms with Crippen molar-refractivity contribution in [1.29, 1.82) is 0 Å². The maximum Gasteiger partial charge on any atom is 0.249 e. The molecule has 24 heavy (non-hydrogen) atoms. The summed E-state index contributed by atoms with van der Waals surface area (Å²) in [5.74, 6) is 2.37. The van der Waals surface area contributed by atoms with Gasteiger partial charge in [-0.3, -0.25) is 0 Å². The van der Waals surface area contributed by atoms with E-state index in [1.54, 1.807) is 0 Å². The van der Waals surface area contributed by atoms with Gasteiger partial charge in [0, 0.05) is 37.1 Å². The van der Waals surface area contributed by atoms with Crippen molar-refractivity contribution in [1.82, 2.24) is 14.8 Å². The third kappa shape index (κ3) is 3.04. The summed E-state index contributed by atoms with van der Waals surface area (Å²) in [4.78, 5) is 11.7. The minimum Gasteiger partial charge on any atom is -0.487 e. The van der Waals surface area contributed by atoms with Crippen molar-refractivity contribution in [3.8, 4) is 0 Å². The van der Waals surface area contributed by atoms with Gasteiger partial charge in [-0.15, -0.1) is 5.10 Å².